The van der Waals surface area contributed by atoms with E-state index in [-0.39, 0.29) is 35.8 Å². The van der Waals surface area contributed by atoms with Crippen LogP contribution in [-0.2, 0) is 20.4 Å². The average Bonchev–Trinajstić information content (AvgIpc) is 3.11. The van der Waals surface area contributed by atoms with Gasteiger partial charge in [-0.05, 0) is 30.3 Å². The fourth-order valence-electron chi connectivity index (χ4n) is 2.99. The molecular weight excluding hydrogens is 397 g/mol. The van der Waals surface area contributed by atoms with Gasteiger partial charge in [0.15, 0.2) is 10.9 Å². The van der Waals surface area contributed by atoms with Crippen molar-refractivity contribution in [1.29, 1.82) is 0 Å². The predicted octanol–water partition coefficient (Wildman–Crippen LogP) is 3.35. The van der Waals surface area contributed by atoms with E-state index in [1.807, 2.05) is 0 Å². The van der Waals surface area contributed by atoms with Gasteiger partial charge in [0, 0.05) is 17.2 Å². The van der Waals surface area contributed by atoms with Crippen LogP contribution in [0.25, 0.3) is 11.3 Å². The summed E-state index contributed by atoms with van der Waals surface area (Å²) in [6, 6.07) is 7.43. The number of ether oxygens (including phenoxy) is 3. The third kappa shape index (κ3) is 3.85. The molecule has 0 amide bonds. The first-order chi connectivity index (χ1) is 13.3. The Bertz CT molecular complexity index is 891. The molecule has 148 valence electrons. The number of nitrogens with zero attached hydrogens (tertiary/aromatic N) is 2. The number of hydrogen-bond donors (Lipinski definition) is 0. The van der Waals surface area contributed by atoms with E-state index in [0.717, 1.165) is 17.8 Å². The minimum atomic E-state index is -4.63. The number of thioether (sulfide) groups is 1. The van der Waals surface area contributed by atoms with Gasteiger partial charge in [-0.15, -0.1) is 0 Å². The molecular formula is C18H15F3N2O4S. The Hall–Kier alpha value is -2.17. The number of fused-ring (bicyclic) bond motifs is 2. The molecule has 3 heterocycles. The van der Waals surface area contributed by atoms with E-state index in [4.69, 9.17) is 14.2 Å². The fraction of sp³-hybridized carbons (Fsp3) is 0.389. The number of benzene rings is 1. The zero-order chi connectivity index (χ0) is 19.9. The van der Waals surface area contributed by atoms with E-state index in [1.54, 1.807) is 24.3 Å². The van der Waals surface area contributed by atoms with E-state index in [0.29, 0.717) is 11.3 Å². The molecule has 1 aromatic heterocycles. The Morgan fingerprint density at radius 3 is 2.64 bits per heavy atom. The minimum absolute atomic E-state index is 0.0626. The molecule has 2 fully saturated rings. The molecule has 2 aliphatic heterocycles. The van der Waals surface area contributed by atoms with Crippen LogP contribution >= 0.6 is 11.8 Å². The Labute approximate surface area is 162 Å². The molecule has 2 aromatic rings. The van der Waals surface area contributed by atoms with Crippen molar-refractivity contribution in [2.75, 3.05) is 13.7 Å². The van der Waals surface area contributed by atoms with Gasteiger partial charge in [0.05, 0.1) is 25.5 Å². The van der Waals surface area contributed by atoms with Crippen molar-refractivity contribution in [1.82, 2.24) is 9.97 Å². The molecule has 2 bridgehead atoms. The number of halogens is 3. The van der Waals surface area contributed by atoms with Crippen LogP contribution in [0.4, 0.5) is 13.2 Å². The number of rotatable bonds is 4. The van der Waals surface area contributed by atoms with Crippen molar-refractivity contribution in [3.63, 3.8) is 0 Å². The Balaban J connectivity index is 1.67. The van der Waals surface area contributed by atoms with E-state index in [2.05, 4.69) is 9.97 Å². The van der Waals surface area contributed by atoms with Crippen LogP contribution in [-0.4, -0.2) is 47.1 Å². The normalized spacial score (nSPS) is 24.4. The largest absolute Gasteiger partial charge is 0.497 e. The summed E-state index contributed by atoms with van der Waals surface area (Å²) < 4.78 is 55.8. The molecule has 0 radical (unpaired) electrons. The molecule has 10 heteroatoms. The summed E-state index contributed by atoms with van der Waals surface area (Å²) >= 11 is 1.00. The van der Waals surface area contributed by atoms with Gasteiger partial charge in [0.2, 0.25) is 6.29 Å². The minimum Gasteiger partial charge on any atom is -0.497 e. The first kappa shape index (κ1) is 19.2. The maximum atomic E-state index is 13.4. The molecule has 1 aromatic carbocycles. The number of ketones is 1. The van der Waals surface area contributed by atoms with Crippen LogP contribution in [0, 0.1) is 0 Å². The van der Waals surface area contributed by atoms with Crippen molar-refractivity contribution in [3.8, 4) is 17.0 Å². The maximum absolute atomic E-state index is 13.4. The summed E-state index contributed by atoms with van der Waals surface area (Å²) in [5.41, 5.74) is -0.411. The zero-order valence-corrected chi connectivity index (χ0v) is 15.4. The molecule has 28 heavy (non-hydrogen) atoms. The average molecular weight is 412 g/mol. The van der Waals surface area contributed by atoms with Gasteiger partial charge >= 0.3 is 6.18 Å². The first-order valence-electron chi connectivity index (χ1n) is 8.40. The van der Waals surface area contributed by atoms with Crippen molar-refractivity contribution in [3.05, 3.63) is 36.0 Å². The molecule has 0 spiro atoms. The SMILES string of the molecule is COc1ccc(-c2cc(C(F)(F)F)nc(S[C@H]3CC(=O)[C@@H]4OC[C@H]3O4)n2)cc1. The third-order valence-corrected chi connectivity index (χ3v) is 5.60. The third-order valence-electron chi connectivity index (χ3n) is 4.43. The van der Waals surface area contributed by atoms with Gasteiger partial charge in [-0.1, -0.05) is 11.8 Å². The molecule has 0 saturated carbocycles. The van der Waals surface area contributed by atoms with Gasteiger partial charge in [-0.25, -0.2) is 9.97 Å². The lowest BCUT2D eigenvalue weighted by Crippen LogP contribution is -2.37. The zero-order valence-electron chi connectivity index (χ0n) is 14.6. The standard InChI is InChI=1S/C18H15F3N2O4S/c1-25-10-4-2-9(3-5-10)11-6-15(18(19,20)21)23-17(22-11)28-14-7-12(24)16-26-8-13(14)27-16/h2-6,13-14,16H,7-8H2,1H3/t13-,14+,16-/m1/s1. The van der Waals surface area contributed by atoms with Crippen molar-refractivity contribution >= 4 is 17.5 Å². The lowest BCUT2D eigenvalue weighted by Gasteiger charge is -2.25. The summed E-state index contributed by atoms with van der Waals surface area (Å²) in [7, 11) is 1.50. The number of carbonyl (C=O) groups is 1. The van der Waals surface area contributed by atoms with Crippen LogP contribution < -0.4 is 4.74 Å². The number of aromatic nitrogens is 2. The van der Waals surface area contributed by atoms with E-state index in [1.165, 1.54) is 7.11 Å². The van der Waals surface area contributed by atoms with Crippen LogP contribution in [0.1, 0.15) is 12.1 Å². The molecule has 6 nitrogen and oxygen atoms in total. The highest BCUT2D eigenvalue weighted by Crippen LogP contribution is 2.38. The van der Waals surface area contributed by atoms with Crippen molar-refractivity contribution in [2.45, 2.75) is 35.4 Å². The van der Waals surface area contributed by atoms with Gasteiger partial charge < -0.3 is 14.2 Å². The van der Waals surface area contributed by atoms with E-state index in [9.17, 15) is 18.0 Å². The topological polar surface area (TPSA) is 70.5 Å². The molecule has 2 aliphatic rings. The van der Waals surface area contributed by atoms with Gasteiger partial charge in [-0.2, -0.15) is 13.2 Å². The summed E-state index contributed by atoms with van der Waals surface area (Å²) in [5, 5.41) is -0.467. The smallest absolute Gasteiger partial charge is 0.433 e. The van der Waals surface area contributed by atoms with Gasteiger partial charge in [0.1, 0.15) is 11.4 Å². The molecule has 3 atom stereocenters. The summed E-state index contributed by atoms with van der Waals surface area (Å²) in [5.74, 6) is 0.353. The quantitative estimate of drug-likeness (QED) is 0.714. The van der Waals surface area contributed by atoms with Gasteiger partial charge in [-0.3, -0.25) is 4.79 Å². The van der Waals surface area contributed by atoms with E-state index < -0.39 is 23.4 Å². The van der Waals surface area contributed by atoms with Crippen LogP contribution in [0.2, 0.25) is 0 Å². The molecule has 0 aliphatic carbocycles. The highest BCUT2D eigenvalue weighted by atomic mass is 32.2. The lowest BCUT2D eigenvalue weighted by atomic mass is 10.1. The second-order valence-electron chi connectivity index (χ2n) is 6.31. The monoisotopic (exact) mass is 412 g/mol. The Morgan fingerprint density at radius 2 is 1.96 bits per heavy atom. The Morgan fingerprint density at radius 1 is 1.21 bits per heavy atom. The second-order valence-corrected chi connectivity index (χ2v) is 7.52. The Kier molecular flexibility index (Phi) is 5.02. The summed E-state index contributed by atoms with van der Waals surface area (Å²) in [4.78, 5) is 19.9. The number of carbonyl (C=O) groups excluding carboxylic acids is 1. The van der Waals surface area contributed by atoms with Crippen LogP contribution in [0.5, 0.6) is 5.75 Å². The van der Waals surface area contributed by atoms with E-state index >= 15 is 0 Å². The highest BCUT2D eigenvalue weighted by Gasteiger charge is 2.44. The fourth-order valence-corrected chi connectivity index (χ4v) is 4.11. The first-order valence-corrected chi connectivity index (χ1v) is 9.28. The predicted molar refractivity (Wildman–Crippen MR) is 92.9 cm³/mol. The second kappa shape index (κ2) is 7.34. The molecule has 0 unspecified atom stereocenters. The van der Waals surface area contributed by atoms with Gasteiger partial charge in [0.25, 0.3) is 0 Å². The van der Waals surface area contributed by atoms with Crippen LogP contribution in [0.3, 0.4) is 0 Å². The van der Waals surface area contributed by atoms with Crippen molar-refractivity contribution in [2.24, 2.45) is 0 Å². The molecule has 4 rings (SSSR count). The summed E-state index contributed by atoms with van der Waals surface area (Å²) in [6.45, 7) is 0.221. The van der Waals surface area contributed by atoms with Crippen LogP contribution in [0.15, 0.2) is 35.5 Å². The summed E-state index contributed by atoms with van der Waals surface area (Å²) in [6.07, 6.45) is -5.73. The van der Waals surface area contributed by atoms with Crippen molar-refractivity contribution < 1.29 is 32.2 Å². The number of hydrogen-bond acceptors (Lipinski definition) is 7. The lowest BCUT2D eigenvalue weighted by molar-refractivity contribution is -0.151. The molecule has 2 saturated heterocycles. The maximum Gasteiger partial charge on any atom is 0.433 e. The molecule has 0 N–H and O–H groups in total. The number of methoxy groups -OCH3 is 1. The highest BCUT2D eigenvalue weighted by molar-refractivity contribution is 7.99. The number of alkyl halides is 3. The number of Topliss-reactive ketones (excluding diaryl/α,β-unsaturated/α-hetero) is 1.